The first kappa shape index (κ1) is 10.1. The van der Waals surface area contributed by atoms with Gasteiger partial charge in [-0.25, -0.2) is 0 Å². The van der Waals surface area contributed by atoms with Crippen molar-refractivity contribution in [2.45, 2.75) is 32.5 Å². The van der Waals surface area contributed by atoms with Crippen molar-refractivity contribution in [2.75, 3.05) is 0 Å². The highest BCUT2D eigenvalue weighted by Gasteiger charge is 2.12. The van der Waals surface area contributed by atoms with Crippen molar-refractivity contribution in [3.63, 3.8) is 0 Å². The lowest BCUT2D eigenvalue weighted by Crippen LogP contribution is -2.27. The average molecular weight is 180 g/mol. The molecule has 13 heavy (non-hydrogen) atoms. The standard InChI is InChI=1S/C11H16O2/c1-3-11(12)9(2)13-10-7-5-4-6-8-10/h4-9,11-12H,3H2,1-2H3/t9-,11+/m1/s1. The SMILES string of the molecule is CC[C@H](O)[C@@H](C)Oc1ccccc1. The van der Waals surface area contributed by atoms with Crippen LogP contribution in [-0.2, 0) is 0 Å². The molecule has 0 aliphatic carbocycles. The van der Waals surface area contributed by atoms with Gasteiger partial charge >= 0.3 is 0 Å². The fourth-order valence-electron chi connectivity index (χ4n) is 1.12. The number of ether oxygens (including phenoxy) is 1. The Morgan fingerprint density at radius 2 is 1.92 bits per heavy atom. The molecule has 2 heteroatoms. The van der Waals surface area contributed by atoms with Gasteiger partial charge in [0.05, 0.1) is 6.10 Å². The minimum atomic E-state index is -0.389. The molecule has 1 rings (SSSR count). The lowest BCUT2D eigenvalue weighted by atomic mass is 10.2. The fourth-order valence-corrected chi connectivity index (χ4v) is 1.12. The monoisotopic (exact) mass is 180 g/mol. The highest BCUT2D eigenvalue weighted by molar-refractivity contribution is 5.21. The molecule has 1 N–H and O–H groups in total. The van der Waals surface area contributed by atoms with E-state index in [9.17, 15) is 5.11 Å². The third kappa shape index (κ3) is 3.07. The molecular formula is C11H16O2. The van der Waals surface area contributed by atoms with Gasteiger partial charge in [0.25, 0.3) is 0 Å². The van der Waals surface area contributed by atoms with E-state index in [0.717, 1.165) is 5.75 Å². The first-order valence-electron chi connectivity index (χ1n) is 4.63. The van der Waals surface area contributed by atoms with Crippen LogP contribution >= 0.6 is 0 Å². The number of para-hydroxylation sites is 1. The summed E-state index contributed by atoms with van der Waals surface area (Å²) >= 11 is 0. The van der Waals surface area contributed by atoms with E-state index in [-0.39, 0.29) is 12.2 Å². The summed E-state index contributed by atoms with van der Waals surface area (Å²) in [6.45, 7) is 3.82. The Balaban J connectivity index is 2.50. The van der Waals surface area contributed by atoms with Crippen molar-refractivity contribution in [3.8, 4) is 5.75 Å². The fraction of sp³-hybridized carbons (Fsp3) is 0.455. The molecule has 0 heterocycles. The van der Waals surface area contributed by atoms with E-state index >= 15 is 0 Å². The maximum Gasteiger partial charge on any atom is 0.122 e. The maximum absolute atomic E-state index is 9.46. The second-order valence-corrected chi connectivity index (χ2v) is 3.11. The van der Waals surface area contributed by atoms with Crippen molar-refractivity contribution in [3.05, 3.63) is 30.3 Å². The summed E-state index contributed by atoms with van der Waals surface area (Å²) in [4.78, 5) is 0. The van der Waals surface area contributed by atoms with Gasteiger partial charge < -0.3 is 9.84 Å². The van der Waals surface area contributed by atoms with Crippen molar-refractivity contribution < 1.29 is 9.84 Å². The smallest absolute Gasteiger partial charge is 0.122 e. The number of hydrogen-bond donors (Lipinski definition) is 1. The van der Waals surface area contributed by atoms with Crippen molar-refractivity contribution in [1.29, 1.82) is 0 Å². The van der Waals surface area contributed by atoms with Crippen LogP contribution in [-0.4, -0.2) is 17.3 Å². The molecule has 2 atom stereocenters. The summed E-state index contributed by atoms with van der Waals surface area (Å²) < 4.78 is 5.52. The molecule has 0 spiro atoms. The largest absolute Gasteiger partial charge is 0.488 e. The Bertz CT molecular complexity index is 233. The van der Waals surface area contributed by atoms with Crippen LogP contribution < -0.4 is 4.74 Å². The Labute approximate surface area is 79.2 Å². The van der Waals surface area contributed by atoms with Crippen LogP contribution in [0.25, 0.3) is 0 Å². The Kier molecular flexibility index (Phi) is 3.77. The summed E-state index contributed by atoms with van der Waals surface area (Å²) in [6.07, 6.45) is 0.182. The van der Waals surface area contributed by atoms with E-state index in [1.165, 1.54) is 0 Å². The number of aliphatic hydroxyl groups excluding tert-OH is 1. The molecule has 0 radical (unpaired) electrons. The molecule has 2 nitrogen and oxygen atoms in total. The predicted molar refractivity (Wildman–Crippen MR) is 52.8 cm³/mol. The van der Waals surface area contributed by atoms with Crippen LogP contribution in [0.1, 0.15) is 20.3 Å². The van der Waals surface area contributed by atoms with E-state index in [2.05, 4.69) is 0 Å². The summed E-state index contributed by atoms with van der Waals surface area (Å²) in [5.41, 5.74) is 0. The van der Waals surface area contributed by atoms with Crippen molar-refractivity contribution in [2.24, 2.45) is 0 Å². The normalized spacial score (nSPS) is 15.0. The van der Waals surface area contributed by atoms with Crippen LogP contribution in [0.5, 0.6) is 5.75 Å². The molecule has 1 aromatic carbocycles. The minimum Gasteiger partial charge on any atom is -0.488 e. The van der Waals surface area contributed by atoms with E-state index in [1.807, 2.05) is 44.2 Å². The number of rotatable bonds is 4. The molecule has 0 aliphatic heterocycles. The molecule has 72 valence electrons. The lowest BCUT2D eigenvalue weighted by molar-refractivity contribution is 0.0451. The number of aliphatic hydroxyl groups is 1. The van der Waals surface area contributed by atoms with Crippen LogP contribution in [0.3, 0.4) is 0 Å². The molecule has 1 aromatic rings. The van der Waals surface area contributed by atoms with E-state index in [4.69, 9.17) is 4.74 Å². The average Bonchev–Trinajstić information content (AvgIpc) is 2.18. The molecular weight excluding hydrogens is 164 g/mol. The molecule has 0 saturated carbocycles. The molecule has 0 aliphatic rings. The van der Waals surface area contributed by atoms with Gasteiger partial charge in [0.1, 0.15) is 11.9 Å². The highest BCUT2D eigenvalue weighted by Crippen LogP contribution is 2.13. The zero-order valence-electron chi connectivity index (χ0n) is 8.10. The molecule has 0 bridgehead atoms. The summed E-state index contributed by atoms with van der Waals surface area (Å²) in [5, 5.41) is 9.46. The van der Waals surface area contributed by atoms with Crippen molar-refractivity contribution >= 4 is 0 Å². The first-order valence-corrected chi connectivity index (χ1v) is 4.63. The van der Waals surface area contributed by atoms with Gasteiger partial charge in [-0.3, -0.25) is 0 Å². The van der Waals surface area contributed by atoms with Gasteiger partial charge in [0.15, 0.2) is 0 Å². The third-order valence-corrected chi connectivity index (χ3v) is 2.03. The number of hydrogen-bond acceptors (Lipinski definition) is 2. The zero-order valence-corrected chi connectivity index (χ0v) is 8.10. The molecule has 0 amide bonds. The third-order valence-electron chi connectivity index (χ3n) is 2.03. The van der Waals surface area contributed by atoms with Crippen LogP contribution in [0.2, 0.25) is 0 Å². The van der Waals surface area contributed by atoms with Gasteiger partial charge in [-0.05, 0) is 25.5 Å². The Morgan fingerprint density at radius 3 is 2.46 bits per heavy atom. The molecule has 0 fully saturated rings. The van der Waals surface area contributed by atoms with E-state index < -0.39 is 0 Å². The van der Waals surface area contributed by atoms with Gasteiger partial charge in [-0.15, -0.1) is 0 Å². The summed E-state index contributed by atoms with van der Waals surface area (Å²) in [7, 11) is 0. The van der Waals surface area contributed by atoms with Crippen molar-refractivity contribution in [1.82, 2.24) is 0 Å². The van der Waals surface area contributed by atoms with Gasteiger partial charge in [0.2, 0.25) is 0 Å². The first-order chi connectivity index (χ1) is 6.24. The highest BCUT2D eigenvalue weighted by atomic mass is 16.5. The molecule has 0 saturated heterocycles. The van der Waals surface area contributed by atoms with E-state index in [0.29, 0.717) is 6.42 Å². The van der Waals surface area contributed by atoms with Crippen LogP contribution in [0.4, 0.5) is 0 Å². The van der Waals surface area contributed by atoms with Crippen LogP contribution in [0.15, 0.2) is 30.3 Å². The van der Waals surface area contributed by atoms with Gasteiger partial charge in [-0.1, -0.05) is 25.1 Å². The lowest BCUT2D eigenvalue weighted by Gasteiger charge is -2.18. The van der Waals surface area contributed by atoms with Crippen LogP contribution in [0, 0.1) is 0 Å². The number of benzene rings is 1. The van der Waals surface area contributed by atoms with Gasteiger partial charge in [0, 0.05) is 0 Å². The second kappa shape index (κ2) is 4.87. The zero-order chi connectivity index (χ0) is 9.68. The summed E-state index contributed by atoms with van der Waals surface area (Å²) in [5.74, 6) is 0.808. The minimum absolute atomic E-state index is 0.146. The molecule has 0 aromatic heterocycles. The quantitative estimate of drug-likeness (QED) is 0.769. The predicted octanol–water partition coefficient (Wildman–Crippen LogP) is 2.22. The molecule has 0 unspecified atom stereocenters. The Morgan fingerprint density at radius 1 is 1.31 bits per heavy atom. The van der Waals surface area contributed by atoms with Gasteiger partial charge in [-0.2, -0.15) is 0 Å². The second-order valence-electron chi connectivity index (χ2n) is 3.11. The van der Waals surface area contributed by atoms with E-state index in [1.54, 1.807) is 0 Å². The summed E-state index contributed by atoms with van der Waals surface area (Å²) in [6, 6.07) is 9.55. The topological polar surface area (TPSA) is 29.5 Å². The maximum atomic E-state index is 9.46. The Hall–Kier alpha value is -1.02.